The summed E-state index contributed by atoms with van der Waals surface area (Å²) in [6, 6.07) is 2.20. The molecule has 7 nitrogen and oxygen atoms in total. The van der Waals surface area contributed by atoms with E-state index in [2.05, 4.69) is 35.1 Å². The number of nitrogens with zero attached hydrogens (tertiary/aromatic N) is 3. The predicted molar refractivity (Wildman–Crippen MR) is 114 cm³/mol. The molecule has 0 bridgehead atoms. The van der Waals surface area contributed by atoms with Crippen molar-refractivity contribution in [1.29, 1.82) is 0 Å². The van der Waals surface area contributed by atoms with Crippen molar-refractivity contribution in [3.63, 3.8) is 0 Å². The van der Waals surface area contributed by atoms with Gasteiger partial charge in [-0.2, -0.15) is 0 Å². The van der Waals surface area contributed by atoms with Crippen LogP contribution < -0.4 is 10.2 Å². The summed E-state index contributed by atoms with van der Waals surface area (Å²) >= 11 is 0. The van der Waals surface area contributed by atoms with E-state index < -0.39 is 10.0 Å². The van der Waals surface area contributed by atoms with Crippen molar-refractivity contribution >= 4 is 21.8 Å². The second-order valence-electron chi connectivity index (χ2n) is 8.94. The van der Waals surface area contributed by atoms with Gasteiger partial charge in [0.25, 0.3) is 0 Å². The molecule has 0 aliphatic carbocycles. The van der Waals surface area contributed by atoms with E-state index in [1.165, 1.54) is 0 Å². The molecule has 0 atom stereocenters. The lowest BCUT2D eigenvalue weighted by Gasteiger charge is -2.49. The van der Waals surface area contributed by atoms with Crippen LogP contribution in [-0.2, 0) is 22.4 Å². The summed E-state index contributed by atoms with van der Waals surface area (Å²) in [5.74, 6) is 0.947. The molecule has 1 aromatic rings. The molecule has 8 heteroatoms. The van der Waals surface area contributed by atoms with Crippen molar-refractivity contribution in [1.82, 2.24) is 15.2 Å². The molecule has 1 N–H and O–H groups in total. The molecule has 1 amide bonds. The van der Waals surface area contributed by atoms with Crippen LogP contribution in [0.5, 0.6) is 0 Å². The van der Waals surface area contributed by atoms with Gasteiger partial charge in [-0.25, -0.2) is 14.8 Å². The molecule has 2 saturated heterocycles. The van der Waals surface area contributed by atoms with Crippen molar-refractivity contribution in [3.05, 3.63) is 23.5 Å². The molecule has 1 aromatic heterocycles. The van der Waals surface area contributed by atoms with Gasteiger partial charge >= 0.3 is 6.09 Å². The van der Waals surface area contributed by atoms with Gasteiger partial charge in [0.15, 0.2) is 0 Å². The van der Waals surface area contributed by atoms with E-state index in [-0.39, 0.29) is 11.7 Å². The van der Waals surface area contributed by atoms with Crippen LogP contribution in [0.1, 0.15) is 11.3 Å². The summed E-state index contributed by atoms with van der Waals surface area (Å²) < 4.78 is 11.5. The Hall–Kier alpha value is -1.51. The van der Waals surface area contributed by atoms with Crippen molar-refractivity contribution < 1.29 is 14.3 Å². The Morgan fingerprint density at radius 3 is 2.89 bits per heavy atom. The molecule has 3 aliphatic heterocycles. The fraction of sp³-hybridized carbons (Fsp3) is 0.700. The zero-order valence-corrected chi connectivity index (χ0v) is 18.0. The highest BCUT2D eigenvalue weighted by Crippen LogP contribution is 2.33. The van der Waals surface area contributed by atoms with Gasteiger partial charge in [-0.1, -0.05) is 0 Å². The standard InChI is InChI=1S/C20H32N4O3S/c1-28(2,3)9-8-26-19(25)23-5-4-18-16(12-23)10-17(11-22-18)24-6-7-27-20(15-24)13-21-14-20/h10-11,21H,4-9,12-15H2,1-3H3. The van der Waals surface area contributed by atoms with Crippen molar-refractivity contribution in [2.24, 2.45) is 0 Å². The Bertz CT molecular complexity index is 733. The van der Waals surface area contributed by atoms with Crippen LogP contribution in [0.2, 0.25) is 0 Å². The topological polar surface area (TPSA) is 66.9 Å². The third-order valence-corrected chi connectivity index (χ3v) is 7.10. The summed E-state index contributed by atoms with van der Waals surface area (Å²) in [5, 5.41) is 3.31. The maximum atomic E-state index is 12.5. The summed E-state index contributed by atoms with van der Waals surface area (Å²) in [5.41, 5.74) is 3.31. The number of amides is 1. The molecule has 28 heavy (non-hydrogen) atoms. The van der Waals surface area contributed by atoms with Crippen molar-refractivity contribution in [2.75, 3.05) is 75.4 Å². The Morgan fingerprint density at radius 2 is 2.18 bits per heavy atom. The number of ether oxygens (including phenoxy) is 2. The Kier molecular flexibility index (Phi) is 5.46. The van der Waals surface area contributed by atoms with Gasteiger partial charge < -0.3 is 24.6 Å². The molecule has 0 saturated carbocycles. The summed E-state index contributed by atoms with van der Waals surface area (Å²) in [6.07, 6.45) is 9.27. The number of pyridine rings is 1. The average molecular weight is 409 g/mol. The number of morpholine rings is 1. The van der Waals surface area contributed by atoms with Gasteiger partial charge in [-0.3, -0.25) is 4.98 Å². The van der Waals surface area contributed by atoms with Gasteiger partial charge in [0.2, 0.25) is 0 Å². The van der Waals surface area contributed by atoms with Gasteiger partial charge in [0, 0.05) is 50.6 Å². The fourth-order valence-corrected chi connectivity index (χ4v) is 4.48. The number of hydrogen-bond donors (Lipinski definition) is 1. The van der Waals surface area contributed by atoms with Gasteiger partial charge in [-0.15, -0.1) is 0 Å². The van der Waals surface area contributed by atoms with E-state index in [9.17, 15) is 4.79 Å². The minimum absolute atomic E-state index is 0.0426. The molecule has 3 aliphatic rings. The number of anilines is 1. The molecule has 1 spiro atoms. The monoisotopic (exact) mass is 408 g/mol. The fourth-order valence-electron chi connectivity index (χ4n) is 3.90. The van der Waals surface area contributed by atoms with E-state index in [1.807, 2.05) is 11.1 Å². The van der Waals surface area contributed by atoms with E-state index in [0.717, 1.165) is 61.9 Å². The van der Waals surface area contributed by atoms with Crippen LogP contribution in [0, 0.1) is 0 Å². The Labute approximate surface area is 169 Å². The number of carbonyl (C=O) groups is 1. The van der Waals surface area contributed by atoms with E-state index >= 15 is 0 Å². The number of hydrogen-bond acceptors (Lipinski definition) is 6. The molecule has 4 heterocycles. The SMILES string of the molecule is CS(C)(C)CCOC(=O)N1CCc2ncc(N3CCOC4(CNC4)C3)cc2C1. The molecule has 0 aromatic carbocycles. The lowest BCUT2D eigenvalue weighted by molar-refractivity contribution is -0.0881. The predicted octanol–water partition coefficient (Wildman–Crippen LogP) is 1.45. The summed E-state index contributed by atoms with van der Waals surface area (Å²) in [6.45, 7) is 6.09. The first-order valence-corrected chi connectivity index (χ1v) is 13.0. The lowest BCUT2D eigenvalue weighted by atomic mass is 9.94. The quantitative estimate of drug-likeness (QED) is 0.813. The number of rotatable bonds is 4. The zero-order valence-electron chi connectivity index (χ0n) is 17.2. The van der Waals surface area contributed by atoms with Gasteiger partial charge in [-0.05, 0) is 30.4 Å². The summed E-state index contributed by atoms with van der Waals surface area (Å²) in [7, 11) is -0.650. The number of aromatic nitrogens is 1. The number of carbonyl (C=O) groups excluding carboxylic acids is 1. The second kappa shape index (κ2) is 7.72. The van der Waals surface area contributed by atoms with E-state index in [4.69, 9.17) is 14.5 Å². The first-order chi connectivity index (χ1) is 13.3. The first-order valence-electron chi connectivity index (χ1n) is 9.99. The van der Waals surface area contributed by atoms with Gasteiger partial charge in [0.05, 0.1) is 25.0 Å². The maximum absolute atomic E-state index is 12.5. The second-order valence-corrected chi connectivity index (χ2v) is 13.5. The molecule has 156 valence electrons. The third kappa shape index (κ3) is 4.39. The summed E-state index contributed by atoms with van der Waals surface area (Å²) in [4.78, 5) is 21.3. The van der Waals surface area contributed by atoms with E-state index in [0.29, 0.717) is 19.7 Å². The normalized spacial score (nSPS) is 21.8. The molecular weight excluding hydrogens is 376 g/mol. The number of nitrogens with one attached hydrogen (secondary N) is 1. The molecule has 4 rings (SSSR count). The molecular formula is C20H32N4O3S. The molecule has 0 unspecified atom stereocenters. The molecule has 0 radical (unpaired) electrons. The van der Waals surface area contributed by atoms with Crippen LogP contribution in [0.3, 0.4) is 0 Å². The van der Waals surface area contributed by atoms with Crippen LogP contribution in [0.4, 0.5) is 10.5 Å². The average Bonchev–Trinajstić information content (AvgIpc) is 2.65. The van der Waals surface area contributed by atoms with Crippen LogP contribution in [0.25, 0.3) is 0 Å². The van der Waals surface area contributed by atoms with Crippen molar-refractivity contribution in [3.8, 4) is 0 Å². The minimum atomic E-state index is -0.650. The number of fused-ring (bicyclic) bond motifs is 1. The lowest BCUT2D eigenvalue weighted by Crippen LogP contribution is -2.69. The van der Waals surface area contributed by atoms with Crippen LogP contribution in [0.15, 0.2) is 12.3 Å². The van der Waals surface area contributed by atoms with Crippen LogP contribution in [-0.4, -0.2) is 92.0 Å². The van der Waals surface area contributed by atoms with Gasteiger partial charge in [0.1, 0.15) is 12.2 Å². The zero-order chi connectivity index (χ0) is 19.8. The Balaban J connectivity index is 1.39. The first kappa shape index (κ1) is 19.8. The van der Waals surface area contributed by atoms with Crippen molar-refractivity contribution in [2.45, 2.75) is 18.6 Å². The third-order valence-electron chi connectivity index (χ3n) is 5.71. The minimum Gasteiger partial charge on any atom is -0.449 e. The Morgan fingerprint density at radius 1 is 1.36 bits per heavy atom. The largest absolute Gasteiger partial charge is 0.449 e. The van der Waals surface area contributed by atoms with E-state index in [1.54, 1.807) is 0 Å². The van der Waals surface area contributed by atoms with Crippen LogP contribution >= 0.6 is 10.0 Å². The highest BCUT2D eigenvalue weighted by Gasteiger charge is 2.42. The highest BCUT2D eigenvalue weighted by atomic mass is 32.3. The maximum Gasteiger partial charge on any atom is 0.410 e. The smallest absolute Gasteiger partial charge is 0.410 e. The highest BCUT2D eigenvalue weighted by molar-refractivity contribution is 8.32. The molecule has 2 fully saturated rings.